The van der Waals surface area contributed by atoms with Crippen LogP contribution in [0.5, 0.6) is 0 Å². The summed E-state index contributed by atoms with van der Waals surface area (Å²) in [5.74, 6) is -0.942. The molecule has 0 rings (SSSR count). The molecule has 0 aromatic rings. The van der Waals surface area contributed by atoms with Crippen molar-refractivity contribution in [2.24, 2.45) is 0 Å². The molecule has 0 saturated heterocycles. The van der Waals surface area contributed by atoms with Crippen LogP contribution in [0.4, 0.5) is 0 Å². The second kappa shape index (κ2) is 39.4. The molecule has 0 aliphatic rings. The van der Waals surface area contributed by atoms with E-state index in [-0.39, 0.29) is 19.4 Å². The number of unbranched alkanes of at least 4 members (excludes halogenated alkanes) is 20. The van der Waals surface area contributed by atoms with Gasteiger partial charge in [-0.2, -0.15) is 0 Å². The van der Waals surface area contributed by atoms with Crippen LogP contribution in [-0.4, -0.2) is 65.7 Å². The number of hydrogen-bond donors (Lipinski definition) is 3. The zero-order valence-corrected chi connectivity index (χ0v) is 35.1. The van der Waals surface area contributed by atoms with Crippen LogP contribution < -0.4 is 0 Å². The Morgan fingerprint density at radius 3 is 1.48 bits per heavy atom. The Labute approximate surface area is 329 Å². The van der Waals surface area contributed by atoms with Crippen molar-refractivity contribution in [3.8, 4) is 0 Å². The number of rotatable bonds is 40. The molecule has 0 saturated carbocycles. The fourth-order valence-corrected chi connectivity index (χ4v) is 6.45. The van der Waals surface area contributed by atoms with E-state index in [1.165, 1.54) is 77.0 Å². The normalized spacial score (nSPS) is 14.2. The Bertz CT molecular complexity index is 999. The molecule has 1 unspecified atom stereocenters. The van der Waals surface area contributed by atoms with Crippen LogP contribution in [0.25, 0.3) is 0 Å². The third kappa shape index (κ3) is 38.5. The van der Waals surface area contributed by atoms with Gasteiger partial charge in [0.2, 0.25) is 0 Å². The Kier molecular flexibility index (Phi) is 38.1. The lowest BCUT2D eigenvalue weighted by atomic mass is 10.1. The molecule has 0 aromatic carbocycles. The summed E-state index contributed by atoms with van der Waals surface area (Å²) < 4.78 is 32.7. The number of phosphoric ester groups is 1. The quantitative estimate of drug-likeness (QED) is 0.0237. The minimum Gasteiger partial charge on any atom is -0.462 e. The van der Waals surface area contributed by atoms with Gasteiger partial charge in [-0.15, -0.1) is 0 Å². The van der Waals surface area contributed by atoms with E-state index in [2.05, 4.69) is 54.8 Å². The van der Waals surface area contributed by atoms with E-state index >= 15 is 0 Å². The van der Waals surface area contributed by atoms with E-state index in [1.54, 1.807) is 0 Å². The Morgan fingerprint density at radius 1 is 0.556 bits per heavy atom. The summed E-state index contributed by atoms with van der Waals surface area (Å²) >= 11 is 0. The highest BCUT2D eigenvalue weighted by molar-refractivity contribution is 7.47. The molecule has 0 aliphatic heterocycles. The molecule has 0 aliphatic carbocycles. The summed E-state index contributed by atoms with van der Waals surface area (Å²) in [4.78, 5) is 34.9. The van der Waals surface area contributed by atoms with Gasteiger partial charge in [0.05, 0.1) is 19.8 Å². The van der Waals surface area contributed by atoms with E-state index in [9.17, 15) is 24.2 Å². The van der Waals surface area contributed by atoms with Crippen molar-refractivity contribution in [3.63, 3.8) is 0 Å². The first-order valence-electron chi connectivity index (χ1n) is 21.4. The first-order valence-corrected chi connectivity index (χ1v) is 22.9. The molecule has 0 aromatic heterocycles. The molecule has 0 bridgehead atoms. The van der Waals surface area contributed by atoms with Crippen LogP contribution >= 0.6 is 7.82 Å². The van der Waals surface area contributed by atoms with Crippen LogP contribution in [0.2, 0.25) is 0 Å². The number of aliphatic hydroxyl groups is 2. The molecule has 3 atom stereocenters. The minimum absolute atomic E-state index is 0.173. The molecule has 316 valence electrons. The van der Waals surface area contributed by atoms with Crippen molar-refractivity contribution in [1.29, 1.82) is 0 Å². The van der Waals surface area contributed by atoms with Gasteiger partial charge in [0.15, 0.2) is 6.10 Å². The maximum atomic E-state index is 12.6. The largest absolute Gasteiger partial charge is 0.472 e. The van der Waals surface area contributed by atoms with Gasteiger partial charge in [-0.1, -0.05) is 140 Å². The molecule has 3 N–H and O–H groups in total. The lowest BCUT2D eigenvalue weighted by Crippen LogP contribution is -2.29. The summed E-state index contributed by atoms with van der Waals surface area (Å²) in [6.45, 7) is 2.33. The van der Waals surface area contributed by atoms with Crippen LogP contribution in [0.1, 0.15) is 187 Å². The number of ether oxygens (including phenoxy) is 2. The molecule has 0 heterocycles. The summed E-state index contributed by atoms with van der Waals surface area (Å²) in [5.41, 5.74) is 0. The van der Waals surface area contributed by atoms with Crippen LogP contribution in [0.3, 0.4) is 0 Å². The molecule has 10 nitrogen and oxygen atoms in total. The molecule has 0 fully saturated rings. The lowest BCUT2D eigenvalue weighted by Gasteiger charge is -2.20. The number of carbonyl (C=O) groups is 2. The van der Waals surface area contributed by atoms with Gasteiger partial charge in [-0.3, -0.25) is 18.6 Å². The van der Waals surface area contributed by atoms with E-state index < -0.39 is 51.8 Å². The van der Waals surface area contributed by atoms with Crippen molar-refractivity contribution in [3.05, 3.63) is 36.5 Å². The predicted molar refractivity (Wildman–Crippen MR) is 219 cm³/mol. The molecule has 54 heavy (non-hydrogen) atoms. The zero-order valence-electron chi connectivity index (χ0n) is 34.2. The van der Waals surface area contributed by atoms with Crippen molar-refractivity contribution in [1.82, 2.24) is 0 Å². The van der Waals surface area contributed by atoms with Crippen molar-refractivity contribution in [2.75, 3.05) is 26.4 Å². The standard InChI is InChI=1S/C43H79O10P/c1-3-5-7-9-11-13-15-17-19-20-21-23-24-26-28-30-32-34-42(46)50-38-41(39-52-54(48,49)51-37-40(45)36-44)53-43(47)35-33-31-29-27-25-22-18-16-14-12-10-8-6-4-2/h11,13,16-19,40-41,44-45H,3-10,12,14-15,20-39H2,1-2H3,(H,48,49)/b13-11-,18-16-,19-17-/t40-,41+/m0/s1. The maximum Gasteiger partial charge on any atom is 0.472 e. The fourth-order valence-electron chi connectivity index (χ4n) is 5.66. The summed E-state index contributed by atoms with van der Waals surface area (Å²) in [6.07, 6.45) is 39.6. The van der Waals surface area contributed by atoms with Gasteiger partial charge in [0, 0.05) is 12.8 Å². The van der Waals surface area contributed by atoms with E-state index in [4.69, 9.17) is 19.1 Å². The van der Waals surface area contributed by atoms with Gasteiger partial charge in [0.1, 0.15) is 12.7 Å². The van der Waals surface area contributed by atoms with Crippen LogP contribution in [0.15, 0.2) is 36.5 Å². The first-order chi connectivity index (χ1) is 26.2. The monoisotopic (exact) mass is 787 g/mol. The maximum absolute atomic E-state index is 12.6. The molecular formula is C43H79O10P. The third-order valence-electron chi connectivity index (χ3n) is 9.02. The van der Waals surface area contributed by atoms with Crippen LogP contribution in [0, 0.1) is 0 Å². The van der Waals surface area contributed by atoms with Crippen molar-refractivity contribution in [2.45, 2.75) is 199 Å². The topological polar surface area (TPSA) is 149 Å². The van der Waals surface area contributed by atoms with Crippen molar-refractivity contribution >= 4 is 19.8 Å². The van der Waals surface area contributed by atoms with Gasteiger partial charge >= 0.3 is 19.8 Å². The number of aliphatic hydroxyl groups excluding tert-OH is 2. The summed E-state index contributed by atoms with van der Waals surface area (Å²) in [6, 6.07) is 0. The van der Waals surface area contributed by atoms with E-state index in [0.29, 0.717) is 12.8 Å². The zero-order chi connectivity index (χ0) is 39.8. The number of allylic oxidation sites excluding steroid dienone is 6. The fraction of sp³-hybridized carbons (Fsp3) is 0.814. The van der Waals surface area contributed by atoms with Crippen molar-refractivity contribution < 1.29 is 47.8 Å². The third-order valence-corrected chi connectivity index (χ3v) is 9.97. The van der Waals surface area contributed by atoms with Gasteiger partial charge in [-0.25, -0.2) is 4.57 Å². The Hall–Kier alpha value is -1.81. The van der Waals surface area contributed by atoms with E-state index in [1.807, 2.05) is 0 Å². The number of carbonyl (C=O) groups excluding carboxylic acids is 2. The Balaban J connectivity index is 4.32. The average molecular weight is 787 g/mol. The predicted octanol–water partition coefficient (Wildman–Crippen LogP) is 11.2. The second-order valence-electron chi connectivity index (χ2n) is 14.4. The van der Waals surface area contributed by atoms with Gasteiger partial charge < -0.3 is 24.6 Å². The lowest BCUT2D eigenvalue weighted by molar-refractivity contribution is -0.161. The number of esters is 2. The van der Waals surface area contributed by atoms with Gasteiger partial charge in [-0.05, 0) is 70.6 Å². The average Bonchev–Trinajstić information content (AvgIpc) is 3.16. The summed E-state index contributed by atoms with van der Waals surface area (Å²) in [7, 11) is -4.62. The van der Waals surface area contributed by atoms with Crippen LogP contribution in [-0.2, 0) is 32.7 Å². The highest BCUT2D eigenvalue weighted by atomic mass is 31.2. The summed E-state index contributed by atoms with van der Waals surface area (Å²) in [5, 5.41) is 18.3. The number of hydrogen-bond acceptors (Lipinski definition) is 9. The number of phosphoric acid groups is 1. The molecule has 11 heteroatoms. The minimum atomic E-state index is -4.62. The molecule has 0 spiro atoms. The second-order valence-corrected chi connectivity index (χ2v) is 15.8. The molecule has 0 radical (unpaired) electrons. The van der Waals surface area contributed by atoms with Gasteiger partial charge in [0.25, 0.3) is 0 Å². The highest BCUT2D eigenvalue weighted by Crippen LogP contribution is 2.43. The SMILES string of the molecule is CCCCC/C=C\C/C=C\CCCCCCCCCC(=O)OC[C@H](COP(=O)(O)OC[C@@H](O)CO)OC(=O)CCCCCCC/C=C\CCCCCCC. The van der Waals surface area contributed by atoms with E-state index in [0.717, 1.165) is 70.6 Å². The first kappa shape index (κ1) is 52.2. The highest BCUT2D eigenvalue weighted by Gasteiger charge is 2.27. The smallest absolute Gasteiger partial charge is 0.462 e. The molecular weight excluding hydrogens is 707 g/mol. The Morgan fingerprint density at radius 2 is 0.963 bits per heavy atom. The molecule has 0 amide bonds.